The van der Waals surface area contributed by atoms with Gasteiger partial charge in [0.15, 0.2) is 0 Å². The molecule has 40 heavy (non-hydrogen) atoms. The Hall–Kier alpha value is -3.04. The zero-order valence-electron chi connectivity index (χ0n) is 23.5. The summed E-state index contributed by atoms with van der Waals surface area (Å²) in [7, 11) is 3.20. The second-order valence-electron chi connectivity index (χ2n) is 11.0. The third kappa shape index (κ3) is 5.72. The molecule has 6 rings (SSSR count). The molecule has 2 aliphatic heterocycles. The summed E-state index contributed by atoms with van der Waals surface area (Å²) in [5.41, 5.74) is 3.66. The minimum atomic E-state index is -0.310. The number of nitrogens with one attached hydrogen (secondary N) is 1. The van der Waals surface area contributed by atoms with Crippen molar-refractivity contribution >= 4 is 28.8 Å². The molecule has 2 aromatic heterocycles. The standard InChI is InChI=1S/C31H39N5O3S/c1-38-26-20-23(36-17-12-22(13-18-36)35-15-5-6-16-35)10-9-21(26)19-28-33-25-11-14-32-29(25)30(34-28)40-27-8-4-3-7-24(27)31(37)39-2/h7-8,10-11,14,20-22,32H,3-6,9,12-13,15-19H2,1-2H3. The predicted molar refractivity (Wildman–Crippen MR) is 158 cm³/mol. The normalized spacial score (nSPS) is 22.6. The molecule has 4 aliphatic rings. The molecule has 2 aromatic rings. The minimum Gasteiger partial charge on any atom is -0.501 e. The van der Waals surface area contributed by atoms with Gasteiger partial charge in [-0.3, -0.25) is 0 Å². The maximum atomic E-state index is 12.4. The molecule has 0 aromatic carbocycles. The molecule has 9 heteroatoms. The van der Waals surface area contributed by atoms with Gasteiger partial charge in [0.2, 0.25) is 0 Å². The van der Waals surface area contributed by atoms with Crippen molar-refractivity contribution in [2.75, 3.05) is 40.4 Å². The molecular weight excluding hydrogens is 522 g/mol. The van der Waals surface area contributed by atoms with E-state index >= 15 is 0 Å². The number of nitrogens with zero attached hydrogens (tertiary/aromatic N) is 4. The Balaban J connectivity index is 1.16. The van der Waals surface area contributed by atoms with E-state index in [1.807, 2.05) is 18.3 Å². The fourth-order valence-electron chi connectivity index (χ4n) is 6.42. The third-order valence-electron chi connectivity index (χ3n) is 8.60. The number of thioether (sulfide) groups is 1. The molecule has 0 radical (unpaired) electrons. The third-order valence-corrected chi connectivity index (χ3v) is 9.69. The number of rotatable bonds is 8. The van der Waals surface area contributed by atoms with Gasteiger partial charge in [0.1, 0.15) is 16.6 Å². The molecule has 1 atom stereocenters. The number of carbonyl (C=O) groups is 1. The van der Waals surface area contributed by atoms with Crippen molar-refractivity contribution in [1.82, 2.24) is 24.8 Å². The Kier molecular flexibility index (Phi) is 8.30. The summed E-state index contributed by atoms with van der Waals surface area (Å²) >= 11 is 1.50. The second kappa shape index (κ2) is 12.2. The van der Waals surface area contributed by atoms with Crippen molar-refractivity contribution < 1.29 is 14.3 Å². The van der Waals surface area contributed by atoms with E-state index in [1.165, 1.54) is 63.3 Å². The van der Waals surface area contributed by atoms with E-state index in [9.17, 15) is 4.79 Å². The molecule has 1 N–H and O–H groups in total. The molecule has 0 bridgehead atoms. The van der Waals surface area contributed by atoms with E-state index in [2.05, 4.69) is 33.0 Å². The van der Waals surface area contributed by atoms with E-state index in [0.717, 1.165) is 70.9 Å². The number of fused-ring (bicyclic) bond motifs is 1. The number of ether oxygens (including phenoxy) is 2. The molecule has 0 spiro atoms. The number of carbonyl (C=O) groups excluding carboxylic acids is 1. The van der Waals surface area contributed by atoms with Crippen LogP contribution in [0.3, 0.4) is 0 Å². The largest absolute Gasteiger partial charge is 0.501 e. The lowest BCUT2D eigenvalue weighted by Gasteiger charge is -2.39. The Morgan fingerprint density at radius 2 is 1.88 bits per heavy atom. The molecule has 0 amide bonds. The van der Waals surface area contributed by atoms with Crippen LogP contribution in [0.2, 0.25) is 0 Å². The van der Waals surface area contributed by atoms with Crippen LogP contribution in [0.4, 0.5) is 0 Å². The van der Waals surface area contributed by atoms with E-state index in [1.54, 1.807) is 7.11 Å². The van der Waals surface area contributed by atoms with E-state index < -0.39 is 0 Å². The van der Waals surface area contributed by atoms with Crippen LogP contribution in [-0.2, 0) is 20.7 Å². The average Bonchev–Trinajstić information content (AvgIpc) is 3.70. The number of allylic oxidation sites excluding steroid dienone is 5. The van der Waals surface area contributed by atoms with Crippen LogP contribution in [-0.4, -0.2) is 77.2 Å². The molecule has 212 valence electrons. The highest BCUT2D eigenvalue weighted by molar-refractivity contribution is 8.03. The summed E-state index contributed by atoms with van der Waals surface area (Å²) in [5, 5.41) is 0.823. The quantitative estimate of drug-likeness (QED) is 0.341. The summed E-state index contributed by atoms with van der Waals surface area (Å²) in [6.07, 6.45) is 19.1. The van der Waals surface area contributed by atoms with Crippen molar-refractivity contribution in [3.8, 4) is 0 Å². The van der Waals surface area contributed by atoms with Gasteiger partial charge in [-0.25, -0.2) is 14.8 Å². The highest BCUT2D eigenvalue weighted by Gasteiger charge is 2.29. The maximum Gasteiger partial charge on any atom is 0.338 e. The molecule has 4 heterocycles. The van der Waals surface area contributed by atoms with Crippen LogP contribution in [0.5, 0.6) is 0 Å². The van der Waals surface area contributed by atoms with Crippen molar-refractivity contribution in [1.29, 1.82) is 0 Å². The van der Waals surface area contributed by atoms with Crippen LogP contribution in [0.25, 0.3) is 11.0 Å². The first-order chi connectivity index (χ1) is 19.6. The second-order valence-corrected chi connectivity index (χ2v) is 12.0. The molecule has 0 saturated carbocycles. The highest BCUT2D eigenvalue weighted by atomic mass is 32.2. The topological polar surface area (TPSA) is 83.6 Å². The van der Waals surface area contributed by atoms with Crippen LogP contribution >= 0.6 is 11.8 Å². The van der Waals surface area contributed by atoms with Gasteiger partial charge in [-0.1, -0.05) is 30.0 Å². The Bertz CT molecular complexity index is 1360. The fourth-order valence-corrected chi connectivity index (χ4v) is 7.53. The molecule has 2 fully saturated rings. The number of piperidine rings is 1. The van der Waals surface area contributed by atoms with Gasteiger partial charge in [-0.15, -0.1) is 0 Å². The average molecular weight is 562 g/mol. The zero-order valence-corrected chi connectivity index (χ0v) is 24.3. The predicted octanol–water partition coefficient (Wildman–Crippen LogP) is 5.36. The summed E-state index contributed by atoms with van der Waals surface area (Å²) in [4.78, 5) is 31.6. The van der Waals surface area contributed by atoms with Crippen molar-refractivity contribution in [3.05, 3.63) is 64.3 Å². The fraction of sp³-hybridized carbons (Fsp3) is 0.516. The van der Waals surface area contributed by atoms with E-state index in [4.69, 9.17) is 19.4 Å². The van der Waals surface area contributed by atoms with Crippen molar-refractivity contribution in [2.45, 2.75) is 62.4 Å². The summed E-state index contributed by atoms with van der Waals surface area (Å²) < 4.78 is 11.0. The monoisotopic (exact) mass is 561 g/mol. The summed E-state index contributed by atoms with van der Waals surface area (Å²) in [5.74, 6) is 1.66. The number of aromatic nitrogens is 3. The minimum absolute atomic E-state index is 0.185. The van der Waals surface area contributed by atoms with Gasteiger partial charge >= 0.3 is 5.97 Å². The van der Waals surface area contributed by atoms with Crippen molar-refractivity contribution in [3.63, 3.8) is 0 Å². The smallest absolute Gasteiger partial charge is 0.338 e. The Morgan fingerprint density at radius 3 is 2.65 bits per heavy atom. The van der Waals surface area contributed by atoms with Gasteiger partial charge in [-0.05, 0) is 70.2 Å². The number of esters is 1. The number of hydrogen-bond acceptors (Lipinski definition) is 8. The molecule has 8 nitrogen and oxygen atoms in total. The Labute approximate surface area is 240 Å². The lowest BCUT2D eigenvalue weighted by atomic mass is 9.92. The van der Waals surface area contributed by atoms with Gasteiger partial charge in [0.25, 0.3) is 0 Å². The number of H-pyrrole nitrogens is 1. The van der Waals surface area contributed by atoms with Gasteiger partial charge < -0.3 is 24.3 Å². The highest BCUT2D eigenvalue weighted by Crippen LogP contribution is 2.38. The first kappa shape index (κ1) is 27.1. The first-order valence-electron chi connectivity index (χ1n) is 14.6. The van der Waals surface area contributed by atoms with E-state index in [-0.39, 0.29) is 11.9 Å². The molecule has 1 unspecified atom stereocenters. The lowest BCUT2D eigenvalue weighted by molar-refractivity contribution is -0.135. The van der Waals surface area contributed by atoms with Crippen LogP contribution < -0.4 is 0 Å². The summed E-state index contributed by atoms with van der Waals surface area (Å²) in [6.45, 7) is 4.77. The number of methoxy groups -OCH3 is 2. The SMILES string of the molecule is COC(=O)C1=CCCC=C1Sc1nc(CC2CC=C(N3CCC(N4CCCC4)CC3)C=C2OC)nc2cc[nH]c12. The van der Waals surface area contributed by atoms with Gasteiger partial charge in [0, 0.05) is 48.3 Å². The van der Waals surface area contributed by atoms with Crippen molar-refractivity contribution in [2.24, 2.45) is 5.92 Å². The summed E-state index contributed by atoms with van der Waals surface area (Å²) in [6, 6.07) is 2.73. The van der Waals surface area contributed by atoms with Crippen LogP contribution in [0.1, 0.15) is 50.8 Å². The zero-order chi connectivity index (χ0) is 27.5. The number of aromatic amines is 1. The lowest BCUT2D eigenvalue weighted by Crippen LogP contribution is -2.43. The number of hydrogen-bond donors (Lipinski definition) is 1. The van der Waals surface area contributed by atoms with E-state index in [0.29, 0.717) is 12.0 Å². The van der Waals surface area contributed by atoms with Gasteiger partial charge in [0.05, 0.1) is 30.8 Å². The Morgan fingerprint density at radius 1 is 1.07 bits per heavy atom. The molecule has 2 saturated heterocycles. The van der Waals surface area contributed by atoms with Crippen LogP contribution in [0, 0.1) is 5.92 Å². The molecular formula is C31H39N5O3S. The maximum absolute atomic E-state index is 12.4. The van der Waals surface area contributed by atoms with Gasteiger partial charge in [-0.2, -0.15) is 0 Å². The van der Waals surface area contributed by atoms with Crippen LogP contribution in [0.15, 0.2) is 63.5 Å². The first-order valence-corrected chi connectivity index (χ1v) is 15.4. The molecule has 2 aliphatic carbocycles. The number of likely N-dealkylation sites (tertiary alicyclic amines) is 2.